The van der Waals surface area contributed by atoms with E-state index in [2.05, 4.69) is 9.98 Å². The predicted molar refractivity (Wildman–Crippen MR) is 94.2 cm³/mol. The number of amidine groups is 1. The lowest BCUT2D eigenvalue weighted by Gasteiger charge is -2.09. The van der Waals surface area contributed by atoms with Gasteiger partial charge in [-0.3, -0.25) is 9.81 Å². The molecule has 24 heavy (non-hydrogen) atoms. The fourth-order valence-electron chi connectivity index (χ4n) is 2.40. The zero-order valence-corrected chi connectivity index (χ0v) is 13.9. The molecule has 0 spiro atoms. The molecule has 0 saturated heterocycles. The van der Waals surface area contributed by atoms with Crippen molar-refractivity contribution in [1.82, 2.24) is 9.38 Å². The van der Waals surface area contributed by atoms with Crippen molar-refractivity contribution in [2.24, 2.45) is 16.5 Å². The van der Waals surface area contributed by atoms with Crippen LogP contribution >= 0.6 is 11.3 Å². The third-order valence-electron chi connectivity index (χ3n) is 3.40. The highest BCUT2D eigenvalue weighted by Crippen LogP contribution is 2.34. The number of thiazole rings is 1. The standard InChI is InChI=1S/C15H16N6O2S/c1-22-9-4-3-8(7-10(9)23-2)11-12(13(16)20-14(17)18)21-5-6-24-15(21)19-11/h3-7H,1-2H3,(H5,16,17,18,20). The number of guanidine groups is 1. The molecule has 3 rings (SSSR count). The zero-order valence-electron chi connectivity index (χ0n) is 13.1. The van der Waals surface area contributed by atoms with E-state index in [0.717, 1.165) is 10.5 Å². The summed E-state index contributed by atoms with van der Waals surface area (Å²) in [5.74, 6) is 0.961. The number of fused-ring (bicyclic) bond motifs is 1. The summed E-state index contributed by atoms with van der Waals surface area (Å²) < 4.78 is 12.4. The molecule has 0 atom stereocenters. The number of nitrogens with one attached hydrogen (secondary N) is 1. The monoisotopic (exact) mass is 344 g/mol. The molecular formula is C15H16N6O2S. The summed E-state index contributed by atoms with van der Waals surface area (Å²) in [5.41, 5.74) is 13.4. The Kier molecular flexibility index (Phi) is 4.09. The first-order valence-corrected chi connectivity index (χ1v) is 7.79. The first-order valence-electron chi connectivity index (χ1n) is 6.91. The van der Waals surface area contributed by atoms with Gasteiger partial charge in [0.15, 0.2) is 22.3 Å². The van der Waals surface area contributed by atoms with Gasteiger partial charge >= 0.3 is 0 Å². The van der Waals surface area contributed by atoms with Gasteiger partial charge in [-0.25, -0.2) is 4.98 Å². The van der Waals surface area contributed by atoms with Crippen molar-refractivity contribution in [2.75, 3.05) is 14.2 Å². The average Bonchev–Trinajstić information content (AvgIpc) is 3.13. The van der Waals surface area contributed by atoms with E-state index < -0.39 is 0 Å². The largest absolute Gasteiger partial charge is 0.493 e. The Labute approximate surface area is 141 Å². The molecule has 8 nitrogen and oxygen atoms in total. The predicted octanol–water partition coefficient (Wildman–Crippen LogP) is 1.68. The minimum Gasteiger partial charge on any atom is -0.493 e. The van der Waals surface area contributed by atoms with E-state index >= 15 is 0 Å². The fourth-order valence-corrected chi connectivity index (χ4v) is 3.11. The van der Waals surface area contributed by atoms with Gasteiger partial charge in [-0.05, 0) is 18.2 Å². The molecule has 2 heterocycles. The molecule has 124 valence electrons. The maximum absolute atomic E-state index is 7.34. The van der Waals surface area contributed by atoms with E-state index in [9.17, 15) is 0 Å². The number of methoxy groups -OCH3 is 2. The lowest BCUT2D eigenvalue weighted by molar-refractivity contribution is 0.355. The third kappa shape index (κ3) is 2.65. The number of aromatic nitrogens is 2. The summed E-state index contributed by atoms with van der Waals surface area (Å²) in [6, 6.07) is 5.47. The minimum atomic E-state index is -0.365. The molecule has 3 aromatic rings. The van der Waals surface area contributed by atoms with Crippen LogP contribution in [0.1, 0.15) is 5.69 Å². The van der Waals surface area contributed by atoms with Crippen LogP contribution in [0.5, 0.6) is 11.5 Å². The summed E-state index contributed by atoms with van der Waals surface area (Å²) >= 11 is 1.47. The number of ether oxygens (including phenoxy) is 2. The average molecular weight is 344 g/mol. The Morgan fingerprint density at radius 2 is 2.00 bits per heavy atom. The molecule has 5 N–H and O–H groups in total. The van der Waals surface area contributed by atoms with Gasteiger partial charge in [0.2, 0.25) is 5.96 Å². The van der Waals surface area contributed by atoms with Crippen LogP contribution < -0.4 is 20.9 Å². The summed E-state index contributed by atoms with van der Waals surface area (Å²) in [6.07, 6.45) is 1.84. The van der Waals surface area contributed by atoms with Crippen LogP contribution in [0.3, 0.4) is 0 Å². The molecule has 0 fully saturated rings. The number of hydrogen-bond acceptors (Lipinski definition) is 5. The molecule has 0 aliphatic carbocycles. The molecule has 0 radical (unpaired) electrons. The summed E-state index contributed by atoms with van der Waals surface area (Å²) in [5, 5.41) is 9.23. The summed E-state index contributed by atoms with van der Waals surface area (Å²) in [7, 11) is 3.15. The smallest absolute Gasteiger partial charge is 0.214 e. The van der Waals surface area contributed by atoms with Crippen LogP contribution in [0.25, 0.3) is 16.2 Å². The van der Waals surface area contributed by atoms with E-state index in [4.69, 9.17) is 26.4 Å². The van der Waals surface area contributed by atoms with Gasteiger partial charge in [-0.2, -0.15) is 4.99 Å². The van der Waals surface area contributed by atoms with Crippen LogP contribution in [0.2, 0.25) is 0 Å². The molecule has 9 heteroatoms. The lowest BCUT2D eigenvalue weighted by atomic mass is 10.1. The summed E-state index contributed by atoms with van der Waals surface area (Å²) in [4.78, 5) is 9.23. The third-order valence-corrected chi connectivity index (χ3v) is 4.16. The highest BCUT2D eigenvalue weighted by atomic mass is 32.1. The van der Waals surface area contributed by atoms with Crippen LogP contribution in [0, 0.1) is 5.41 Å². The van der Waals surface area contributed by atoms with Gasteiger partial charge < -0.3 is 20.9 Å². The van der Waals surface area contributed by atoms with Crippen molar-refractivity contribution in [3.8, 4) is 22.8 Å². The molecule has 0 saturated carbocycles. The fraction of sp³-hybridized carbons (Fsp3) is 0.133. The molecule has 0 aliphatic heterocycles. The topological polar surface area (TPSA) is 124 Å². The number of imidazole rings is 1. The van der Waals surface area contributed by atoms with Gasteiger partial charge in [-0.15, -0.1) is 11.3 Å². The Morgan fingerprint density at radius 3 is 2.67 bits per heavy atom. The number of nitrogens with two attached hydrogens (primary N) is 2. The van der Waals surface area contributed by atoms with Gasteiger partial charge in [-0.1, -0.05) is 0 Å². The number of aliphatic imine (C=N–C) groups is 1. The second-order valence-electron chi connectivity index (χ2n) is 4.82. The van der Waals surface area contributed by atoms with Gasteiger partial charge in [0.05, 0.1) is 14.2 Å². The second kappa shape index (κ2) is 6.20. The van der Waals surface area contributed by atoms with Crippen molar-refractivity contribution in [3.63, 3.8) is 0 Å². The number of hydrogen-bond donors (Lipinski definition) is 3. The lowest BCUT2D eigenvalue weighted by Crippen LogP contribution is -2.21. The van der Waals surface area contributed by atoms with E-state index in [1.54, 1.807) is 20.3 Å². The Bertz CT molecular complexity index is 943. The van der Waals surface area contributed by atoms with Crippen molar-refractivity contribution in [2.45, 2.75) is 0 Å². The number of rotatable bonds is 4. The normalized spacial score (nSPS) is 11.7. The van der Waals surface area contributed by atoms with Crippen molar-refractivity contribution in [1.29, 1.82) is 5.41 Å². The molecule has 0 bridgehead atoms. The van der Waals surface area contributed by atoms with Crippen LogP contribution in [0.4, 0.5) is 0 Å². The van der Waals surface area contributed by atoms with Crippen molar-refractivity contribution in [3.05, 3.63) is 35.5 Å². The maximum Gasteiger partial charge on any atom is 0.214 e. The maximum atomic E-state index is 7.34. The highest BCUT2D eigenvalue weighted by Gasteiger charge is 2.19. The molecule has 2 aromatic heterocycles. The number of nitrogens with zero attached hydrogens (tertiary/aromatic N) is 3. The SMILES string of the molecule is COc1ccc(-c2nc3sccn3c2/C(N)=N/C(=N)N)cc1OC. The van der Waals surface area contributed by atoms with E-state index in [0.29, 0.717) is 22.9 Å². The van der Waals surface area contributed by atoms with E-state index in [-0.39, 0.29) is 11.8 Å². The van der Waals surface area contributed by atoms with Crippen LogP contribution in [-0.2, 0) is 0 Å². The summed E-state index contributed by atoms with van der Waals surface area (Å²) in [6.45, 7) is 0. The first-order chi connectivity index (χ1) is 11.5. The van der Waals surface area contributed by atoms with Crippen molar-refractivity contribution >= 4 is 28.1 Å². The van der Waals surface area contributed by atoms with Crippen LogP contribution in [0.15, 0.2) is 34.8 Å². The van der Waals surface area contributed by atoms with Gasteiger partial charge in [0.1, 0.15) is 11.4 Å². The quantitative estimate of drug-likeness (QED) is 0.490. The Balaban J connectivity index is 2.23. The van der Waals surface area contributed by atoms with Gasteiger partial charge in [0.25, 0.3) is 0 Å². The van der Waals surface area contributed by atoms with E-state index in [1.807, 2.05) is 28.1 Å². The minimum absolute atomic E-state index is 0.123. The molecule has 0 amide bonds. The Hall–Kier alpha value is -3.07. The van der Waals surface area contributed by atoms with Crippen molar-refractivity contribution < 1.29 is 9.47 Å². The second-order valence-corrected chi connectivity index (χ2v) is 5.69. The molecule has 0 unspecified atom stereocenters. The Morgan fingerprint density at radius 1 is 1.25 bits per heavy atom. The van der Waals surface area contributed by atoms with Crippen LogP contribution in [-0.4, -0.2) is 35.4 Å². The zero-order chi connectivity index (χ0) is 17.3. The van der Waals surface area contributed by atoms with Gasteiger partial charge in [0, 0.05) is 17.1 Å². The number of benzene rings is 1. The van der Waals surface area contributed by atoms with E-state index in [1.165, 1.54) is 11.3 Å². The molecule has 0 aliphatic rings. The molecule has 1 aromatic carbocycles. The highest BCUT2D eigenvalue weighted by molar-refractivity contribution is 7.15. The molecular weight excluding hydrogens is 328 g/mol. The first kappa shape index (κ1) is 15.8.